The quantitative estimate of drug-likeness (QED) is 0.450. The molecule has 2 aliphatic heterocycles. The van der Waals surface area contributed by atoms with Crippen molar-refractivity contribution in [2.45, 2.75) is 32.6 Å². The first-order valence-electron chi connectivity index (χ1n) is 13.7. The van der Waals surface area contributed by atoms with Crippen LogP contribution in [0.15, 0.2) is 77.6 Å². The molecular formula is C32H36N6O2. The van der Waals surface area contributed by atoms with Crippen LogP contribution in [0.1, 0.15) is 48.1 Å². The molecule has 1 N–H and O–H groups in total. The Morgan fingerprint density at radius 3 is 2.40 bits per heavy atom. The second kappa shape index (κ2) is 11.5. The van der Waals surface area contributed by atoms with E-state index in [0.717, 1.165) is 31.9 Å². The number of hydrogen-bond donors (Lipinski definition) is 1. The largest absolute Gasteiger partial charge is 0.368 e. The second-order valence-corrected chi connectivity index (χ2v) is 11.4. The van der Waals surface area contributed by atoms with Gasteiger partial charge in [-0.2, -0.15) is 0 Å². The Morgan fingerprint density at radius 1 is 0.975 bits per heavy atom. The molecule has 0 spiro atoms. The predicted molar refractivity (Wildman–Crippen MR) is 159 cm³/mol. The minimum absolute atomic E-state index is 0.00913. The molecule has 1 saturated heterocycles. The van der Waals surface area contributed by atoms with Gasteiger partial charge in [0.05, 0.1) is 35.4 Å². The molecule has 5 rings (SSSR count). The maximum Gasteiger partial charge on any atom is 0.200 e. The van der Waals surface area contributed by atoms with Crippen LogP contribution in [-0.2, 0) is 16.6 Å². The number of aromatic nitrogens is 2. The van der Waals surface area contributed by atoms with Gasteiger partial charge < -0.3 is 15.1 Å². The molecule has 3 aromatic rings. The lowest BCUT2D eigenvalue weighted by molar-refractivity contribution is -0.114. The maximum atomic E-state index is 13.0. The fourth-order valence-corrected chi connectivity index (χ4v) is 4.76. The average Bonchev–Trinajstić information content (AvgIpc) is 2.95. The van der Waals surface area contributed by atoms with Gasteiger partial charge in [0.15, 0.2) is 11.6 Å². The van der Waals surface area contributed by atoms with Gasteiger partial charge in [-0.3, -0.25) is 19.6 Å². The SMILES string of the molecule is CN1CCN(c2ccc(NC3=CC(c4cccc(CC(=O)c5ccc(C(C)(C)C)cc5)n4)=NCC3=O)nc2)CC1. The number of ketones is 2. The number of piperazine rings is 1. The number of anilines is 2. The van der Waals surface area contributed by atoms with E-state index < -0.39 is 0 Å². The van der Waals surface area contributed by atoms with Gasteiger partial charge in [0.25, 0.3) is 0 Å². The fourth-order valence-electron chi connectivity index (χ4n) is 4.76. The maximum absolute atomic E-state index is 13.0. The highest BCUT2D eigenvalue weighted by atomic mass is 16.1. The number of aliphatic imine (C=N–C) groups is 1. The van der Waals surface area contributed by atoms with E-state index >= 15 is 0 Å². The number of rotatable bonds is 7. The molecule has 0 saturated carbocycles. The Balaban J connectivity index is 1.26. The van der Waals surface area contributed by atoms with Gasteiger partial charge in [0, 0.05) is 37.4 Å². The highest BCUT2D eigenvalue weighted by Crippen LogP contribution is 2.23. The first kappa shape index (κ1) is 27.4. The number of benzene rings is 1. The van der Waals surface area contributed by atoms with E-state index in [9.17, 15) is 9.59 Å². The summed E-state index contributed by atoms with van der Waals surface area (Å²) in [5, 5.41) is 3.16. The molecule has 4 heterocycles. The van der Waals surface area contributed by atoms with Gasteiger partial charge in [-0.25, -0.2) is 4.98 Å². The highest BCUT2D eigenvalue weighted by Gasteiger charge is 2.20. The van der Waals surface area contributed by atoms with E-state index in [1.54, 1.807) is 6.08 Å². The average molecular weight is 537 g/mol. The second-order valence-electron chi connectivity index (χ2n) is 11.4. The lowest BCUT2D eigenvalue weighted by Crippen LogP contribution is -2.44. The summed E-state index contributed by atoms with van der Waals surface area (Å²) >= 11 is 0. The zero-order valence-corrected chi connectivity index (χ0v) is 23.6. The number of Topliss-reactive ketones (excluding diaryl/α,β-unsaturated/α-hetero) is 2. The number of pyridine rings is 2. The number of nitrogens with zero attached hydrogens (tertiary/aromatic N) is 5. The molecule has 0 amide bonds. The first-order valence-corrected chi connectivity index (χ1v) is 13.7. The Bertz CT molecular complexity index is 1440. The Morgan fingerprint density at radius 2 is 1.73 bits per heavy atom. The minimum Gasteiger partial charge on any atom is -0.368 e. The molecule has 8 heteroatoms. The van der Waals surface area contributed by atoms with Crippen LogP contribution in [0.25, 0.3) is 0 Å². The van der Waals surface area contributed by atoms with Crippen molar-refractivity contribution in [3.63, 3.8) is 0 Å². The van der Waals surface area contributed by atoms with Crippen LogP contribution in [-0.4, -0.2) is 71.9 Å². The summed E-state index contributed by atoms with van der Waals surface area (Å²) in [6.07, 6.45) is 3.74. The number of nitrogens with one attached hydrogen (secondary N) is 1. The van der Waals surface area contributed by atoms with E-state index in [0.29, 0.717) is 34.2 Å². The minimum atomic E-state index is -0.112. The molecule has 206 valence electrons. The summed E-state index contributed by atoms with van der Waals surface area (Å²) in [5.74, 6) is 0.497. The summed E-state index contributed by atoms with van der Waals surface area (Å²) in [5.41, 5.74) is 5.26. The van der Waals surface area contributed by atoms with Crippen LogP contribution >= 0.6 is 0 Å². The molecule has 0 unspecified atom stereocenters. The molecular weight excluding hydrogens is 500 g/mol. The zero-order chi connectivity index (χ0) is 28.3. The van der Waals surface area contributed by atoms with Crippen LogP contribution in [0.4, 0.5) is 11.5 Å². The normalized spacial score (nSPS) is 16.4. The topological polar surface area (TPSA) is 90.8 Å². The first-order chi connectivity index (χ1) is 19.2. The van der Waals surface area contributed by atoms with Gasteiger partial charge >= 0.3 is 0 Å². The van der Waals surface area contributed by atoms with Crippen molar-refractivity contribution in [1.82, 2.24) is 14.9 Å². The van der Waals surface area contributed by atoms with Crippen molar-refractivity contribution in [1.29, 1.82) is 0 Å². The summed E-state index contributed by atoms with van der Waals surface area (Å²) in [6.45, 7) is 10.5. The predicted octanol–water partition coefficient (Wildman–Crippen LogP) is 4.32. The zero-order valence-electron chi connectivity index (χ0n) is 23.6. The molecule has 0 aliphatic carbocycles. The van der Waals surface area contributed by atoms with Crippen molar-refractivity contribution in [2.75, 3.05) is 50.0 Å². The highest BCUT2D eigenvalue weighted by molar-refractivity contribution is 6.16. The number of hydrogen-bond acceptors (Lipinski definition) is 8. The summed E-state index contributed by atoms with van der Waals surface area (Å²) in [6, 6.07) is 17.3. The van der Waals surface area contributed by atoms with E-state index in [1.165, 1.54) is 5.56 Å². The van der Waals surface area contributed by atoms with Crippen LogP contribution in [0.3, 0.4) is 0 Å². The molecule has 1 aromatic carbocycles. The van der Waals surface area contributed by atoms with E-state index in [4.69, 9.17) is 4.98 Å². The smallest absolute Gasteiger partial charge is 0.200 e. The third-order valence-corrected chi connectivity index (χ3v) is 7.34. The number of carbonyl (C=O) groups excluding carboxylic acids is 2. The number of carbonyl (C=O) groups is 2. The Kier molecular flexibility index (Phi) is 7.89. The Hall–Kier alpha value is -4.17. The molecule has 8 nitrogen and oxygen atoms in total. The van der Waals surface area contributed by atoms with Gasteiger partial charge in [0.2, 0.25) is 0 Å². The Labute approximate surface area is 235 Å². The third-order valence-electron chi connectivity index (χ3n) is 7.34. The lowest BCUT2D eigenvalue weighted by atomic mass is 9.86. The van der Waals surface area contributed by atoms with Crippen LogP contribution < -0.4 is 10.2 Å². The van der Waals surface area contributed by atoms with Crippen LogP contribution in [0, 0.1) is 0 Å². The summed E-state index contributed by atoms with van der Waals surface area (Å²) in [4.78, 5) is 43.9. The van der Waals surface area contributed by atoms with E-state index in [1.807, 2.05) is 60.8 Å². The van der Waals surface area contributed by atoms with E-state index in [2.05, 4.69) is 52.9 Å². The lowest BCUT2D eigenvalue weighted by Gasteiger charge is -2.33. The van der Waals surface area contributed by atoms with Crippen LogP contribution in [0.2, 0.25) is 0 Å². The van der Waals surface area contributed by atoms with Crippen molar-refractivity contribution in [3.8, 4) is 0 Å². The van der Waals surface area contributed by atoms with Crippen molar-refractivity contribution in [3.05, 3.63) is 95.1 Å². The number of allylic oxidation sites excluding steroid dienone is 1. The van der Waals surface area contributed by atoms with Crippen molar-refractivity contribution < 1.29 is 9.59 Å². The molecule has 2 aliphatic rings. The fraction of sp³-hybridized carbons (Fsp3) is 0.344. The number of dihydropyridines is 1. The third kappa shape index (κ3) is 6.51. The summed E-state index contributed by atoms with van der Waals surface area (Å²) < 4.78 is 0. The van der Waals surface area contributed by atoms with Crippen molar-refractivity contribution >= 4 is 28.8 Å². The molecule has 0 atom stereocenters. The van der Waals surface area contributed by atoms with Gasteiger partial charge in [-0.15, -0.1) is 0 Å². The van der Waals surface area contributed by atoms with Gasteiger partial charge in [-0.05, 0) is 48.4 Å². The van der Waals surface area contributed by atoms with Crippen molar-refractivity contribution in [2.24, 2.45) is 4.99 Å². The van der Waals surface area contributed by atoms with Gasteiger partial charge in [0.1, 0.15) is 12.4 Å². The van der Waals surface area contributed by atoms with Gasteiger partial charge in [-0.1, -0.05) is 51.1 Å². The molecule has 0 radical (unpaired) electrons. The molecule has 0 bridgehead atoms. The standard InChI is InChI=1S/C32H36N6O2/c1-32(2,3)23-10-8-22(9-11-23)29(39)18-24-6-5-7-26(35-24)27-19-28(30(40)21-33-27)36-31-13-12-25(20-34-31)38-16-14-37(4)15-17-38/h5-13,19-20H,14-18,21H2,1-4H3,(H,34,36). The monoisotopic (exact) mass is 536 g/mol. The van der Waals surface area contributed by atoms with E-state index in [-0.39, 0.29) is 29.9 Å². The number of likely N-dealkylation sites (N-methyl/N-ethyl adjacent to an activating group) is 1. The molecule has 40 heavy (non-hydrogen) atoms. The molecule has 2 aromatic heterocycles. The summed E-state index contributed by atoms with van der Waals surface area (Å²) in [7, 11) is 2.13. The van der Waals surface area contributed by atoms with Crippen LogP contribution in [0.5, 0.6) is 0 Å². The molecule has 1 fully saturated rings.